The lowest BCUT2D eigenvalue weighted by atomic mass is 9.79. The second kappa shape index (κ2) is 4.65. The summed E-state index contributed by atoms with van der Waals surface area (Å²) in [6.45, 7) is 0. The standard InChI is InChI=1S/C8H10BBrO3/c1-13-8-4-6(5-10)2-3-7(8)9(11)12/h2-4,11-12H,5H2,1H3. The molecule has 0 spiro atoms. The van der Waals surface area contributed by atoms with Gasteiger partial charge in [-0.05, 0) is 11.6 Å². The Balaban J connectivity index is 3.08. The summed E-state index contributed by atoms with van der Waals surface area (Å²) in [6.07, 6.45) is 0. The monoisotopic (exact) mass is 244 g/mol. The smallest absolute Gasteiger partial charge is 0.492 e. The van der Waals surface area contributed by atoms with Crippen molar-refractivity contribution in [3.63, 3.8) is 0 Å². The zero-order valence-corrected chi connectivity index (χ0v) is 8.78. The van der Waals surface area contributed by atoms with Gasteiger partial charge in [-0.1, -0.05) is 28.1 Å². The minimum Gasteiger partial charge on any atom is -0.497 e. The van der Waals surface area contributed by atoms with Gasteiger partial charge < -0.3 is 14.8 Å². The molecule has 0 aromatic heterocycles. The highest BCUT2D eigenvalue weighted by molar-refractivity contribution is 9.08. The van der Waals surface area contributed by atoms with E-state index in [0.717, 1.165) is 5.56 Å². The molecule has 70 valence electrons. The van der Waals surface area contributed by atoms with Crippen LogP contribution >= 0.6 is 15.9 Å². The second-order valence-electron chi connectivity index (χ2n) is 2.58. The van der Waals surface area contributed by atoms with E-state index in [2.05, 4.69) is 15.9 Å². The maximum absolute atomic E-state index is 8.96. The third kappa shape index (κ3) is 2.46. The van der Waals surface area contributed by atoms with Crippen LogP contribution in [-0.2, 0) is 5.33 Å². The lowest BCUT2D eigenvalue weighted by molar-refractivity contribution is 0.403. The van der Waals surface area contributed by atoms with Crippen LogP contribution in [0.1, 0.15) is 5.56 Å². The van der Waals surface area contributed by atoms with E-state index in [1.165, 1.54) is 7.11 Å². The molecule has 0 saturated carbocycles. The van der Waals surface area contributed by atoms with Crippen LogP contribution in [0.25, 0.3) is 0 Å². The van der Waals surface area contributed by atoms with E-state index >= 15 is 0 Å². The Morgan fingerprint density at radius 3 is 2.62 bits per heavy atom. The molecule has 1 aromatic rings. The first kappa shape index (κ1) is 10.6. The van der Waals surface area contributed by atoms with Crippen molar-refractivity contribution < 1.29 is 14.8 Å². The molecule has 0 bridgehead atoms. The number of benzene rings is 1. The summed E-state index contributed by atoms with van der Waals surface area (Å²) in [4.78, 5) is 0. The summed E-state index contributed by atoms with van der Waals surface area (Å²) in [6, 6.07) is 5.22. The highest BCUT2D eigenvalue weighted by Gasteiger charge is 2.16. The molecule has 3 nitrogen and oxygen atoms in total. The van der Waals surface area contributed by atoms with Crippen LogP contribution in [0.4, 0.5) is 0 Å². The first-order valence-corrected chi connectivity index (χ1v) is 4.90. The predicted octanol–water partition coefficient (Wildman–Crippen LogP) is 0.270. The molecule has 1 rings (SSSR count). The van der Waals surface area contributed by atoms with Crippen LogP contribution in [0, 0.1) is 0 Å². The Bertz CT molecular complexity index is 291. The topological polar surface area (TPSA) is 49.7 Å². The largest absolute Gasteiger partial charge is 0.497 e. The Morgan fingerprint density at radius 1 is 1.46 bits per heavy atom. The van der Waals surface area contributed by atoms with Gasteiger partial charge in [0.1, 0.15) is 5.75 Å². The van der Waals surface area contributed by atoms with Crippen molar-refractivity contribution in [3.05, 3.63) is 23.8 Å². The molecule has 1 aromatic carbocycles. The molecule has 13 heavy (non-hydrogen) atoms. The van der Waals surface area contributed by atoms with Gasteiger partial charge in [0.15, 0.2) is 0 Å². The molecule has 0 heterocycles. The quantitative estimate of drug-likeness (QED) is 0.593. The molecule has 0 aliphatic heterocycles. The minimum atomic E-state index is -1.49. The predicted molar refractivity (Wildman–Crippen MR) is 55.5 cm³/mol. The highest BCUT2D eigenvalue weighted by atomic mass is 79.9. The van der Waals surface area contributed by atoms with Crippen molar-refractivity contribution in [2.75, 3.05) is 7.11 Å². The first-order chi connectivity index (χ1) is 6.19. The van der Waals surface area contributed by atoms with Crippen LogP contribution in [0.3, 0.4) is 0 Å². The molecule has 2 N–H and O–H groups in total. The fraction of sp³-hybridized carbons (Fsp3) is 0.250. The number of rotatable bonds is 3. The number of ether oxygens (including phenoxy) is 1. The number of halogens is 1. The van der Waals surface area contributed by atoms with Crippen molar-refractivity contribution in [3.8, 4) is 5.75 Å². The van der Waals surface area contributed by atoms with Crippen molar-refractivity contribution in [2.45, 2.75) is 5.33 Å². The zero-order chi connectivity index (χ0) is 9.84. The van der Waals surface area contributed by atoms with E-state index in [0.29, 0.717) is 16.5 Å². The molecule has 0 aliphatic carbocycles. The summed E-state index contributed by atoms with van der Waals surface area (Å²) in [5.74, 6) is 0.493. The molecule has 5 heteroatoms. The fourth-order valence-corrected chi connectivity index (χ4v) is 1.40. The Hall–Kier alpha value is -0.515. The molecule has 0 aliphatic rings. The SMILES string of the molecule is COc1cc(CBr)ccc1B(O)O. The lowest BCUT2D eigenvalue weighted by Crippen LogP contribution is -2.31. The third-order valence-electron chi connectivity index (χ3n) is 1.73. The molecule has 0 fully saturated rings. The van der Waals surface area contributed by atoms with E-state index in [-0.39, 0.29) is 0 Å². The minimum absolute atomic E-state index is 0.382. The van der Waals surface area contributed by atoms with Gasteiger partial charge in [0.25, 0.3) is 0 Å². The summed E-state index contributed by atoms with van der Waals surface area (Å²) in [7, 11) is 0.0125. The Kier molecular flexibility index (Phi) is 3.78. The van der Waals surface area contributed by atoms with Gasteiger partial charge in [-0.15, -0.1) is 0 Å². The zero-order valence-electron chi connectivity index (χ0n) is 7.20. The average molecular weight is 245 g/mol. The van der Waals surface area contributed by atoms with Crippen molar-refractivity contribution in [1.29, 1.82) is 0 Å². The number of alkyl halides is 1. The van der Waals surface area contributed by atoms with E-state index < -0.39 is 7.12 Å². The van der Waals surface area contributed by atoms with Gasteiger partial charge in [-0.2, -0.15) is 0 Å². The first-order valence-electron chi connectivity index (χ1n) is 3.78. The van der Waals surface area contributed by atoms with Crippen LogP contribution in [0.15, 0.2) is 18.2 Å². The molecular formula is C8H10BBrO3. The normalized spacial score (nSPS) is 9.85. The van der Waals surface area contributed by atoms with Crippen LogP contribution in [0.2, 0.25) is 0 Å². The van der Waals surface area contributed by atoms with Gasteiger partial charge in [0.2, 0.25) is 0 Å². The Morgan fingerprint density at radius 2 is 2.15 bits per heavy atom. The second-order valence-corrected chi connectivity index (χ2v) is 3.14. The third-order valence-corrected chi connectivity index (χ3v) is 2.38. The van der Waals surface area contributed by atoms with Crippen LogP contribution in [0.5, 0.6) is 5.75 Å². The summed E-state index contributed by atoms with van der Waals surface area (Å²) in [5.41, 5.74) is 1.41. The molecule has 0 saturated heterocycles. The number of hydrogen-bond donors (Lipinski definition) is 2. The van der Waals surface area contributed by atoms with Crippen LogP contribution < -0.4 is 10.2 Å². The van der Waals surface area contributed by atoms with Crippen molar-refractivity contribution >= 4 is 28.5 Å². The number of hydrogen-bond acceptors (Lipinski definition) is 3. The lowest BCUT2D eigenvalue weighted by Gasteiger charge is -2.08. The molecule has 0 atom stereocenters. The van der Waals surface area contributed by atoms with Gasteiger partial charge in [-0.25, -0.2) is 0 Å². The van der Waals surface area contributed by atoms with Crippen LogP contribution in [-0.4, -0.2) is 24.3 Å². The van der Waals surface area contributed by atoms with Crippen molar-refractivity contribution in [1.82, 2.24) is 0 Å². The maximum atomic E-state index is 8.96. The van der Waals surface area contributed by atoms with Crippen molar-refractivity contribution in [2.24, 2.45) is 0 Å². The van der Waals surface area contributed by atoms with E-state index in [1.807, 2.05) is 6.07 Å². The molecule has 0 unspecified atom stereocenters. The molecule has 0 radical (unpaired) electrons. The average Bonchev–Trinajstić information content (AvgIpc) is 2.16. The fourth-order valence-electron chi connectivity index (χ4n) is 1.05. The highest BCUT2D eigenvalue weighted by Crippen LogP contribution is 2.13. The van der Waals surface area contributed by atoms with Gasteiger partial charge in [0.05, 0.1) is 7.11 Å². The van der Waals surface area contributed by atoms with Gasteiger partial charge in [0, 0.05) is 10.8 Å². The number of methoxy groups -OCH3 is 1. The summed E-state index contributed by atoms with van der Waals surface area (Å²) < 4.78 is 5.01. The van der Waals surface area contributed by atoms with E-state index in [1.54, 1.807) is 12.1 Å². The summed E-state index contributed by atoms with van der Waals surface area (Å²) >= 11 is 3.30. The maximum Gasteiger partial charge on any atom is 0.492 e. The van der Waals surface area contributed by atoms with Gasteiger partial charge >= 0.3 is 7.12 Å². The Labute approximate surface area is 85.6 Å². The summed E-state index contributed by atoms with van der Waals surface area (Å²) in [5, 5.41) is 18.6. The van der Waals surface area contributed by atoms with E-state index in [9.17, 15) is 0 Å². The van der Waals surface area contributed by atoms with E-state index in [4.69, 9.17) is 14.8 Å². The molecular weight excluding hydrogens is 235 g/mol. The van der Waals surface area contributed by atoms with Gasteiger partial charge in [-0.3, -0.25) is 0 Å². The molecule has 0 amide bonds.